The van der Waals surface area contributed by atoms with Gasteiger partial charge in [-0.05, 0) is 43.4 Å². The lowest BCUT2D eigenvalue weighted by Crippen LogP contribution is -2.30. The van der Waals surface area contributed by atoms with Crippen LogP contribution in [0.1, 0.15) is 447 Å². The normalized spacial score (nSPS) is 14.2. The van der Waals surface area contributed by atoms with Crippen LogP contribution in [0, 0.1) is 17.8 Å². The quantitative estimate of drug-likeness (QED) is 0.0222. The lowest BCUT2D eigenvalue weighted by atomic mass is 10.00. The molecule has 618 valence electrons. The maximum absolute atomic E-state index is 13.1. The van der Waals surface area contributed by atoms with Crippen molar-refractivity contribution in [2.75, 3.05) is 39.6 Å². The molecule has 3 unspecified atom stereocenters. The standard InChI is InChI=1S/C85H166O17P2/c1-8-10-11-12-13-14-15-16-22-30-35-40-45-54-61-69-85(90)102-81(73-96-83(88)67-60-53-48-47-51-58-65-78(7)9-2)75-100-104(93,94)98-71-79(86)70-97-103(91,92)99-74-80(72-95-82(87)66-59-52-44-39-34-29-26-21-24-28-33-38-43-50-57-64-77(5)6)101-84(89)68-62-55-46-41-36-31-25-20-18-17-19-23-27-32-37-42-49-56-63-76(3)4/h76-81,86H,8-75H2,1-7H3,(H,91,92)(H,93,94)/t78?,79-,80-,81-/m1/s1. The number of hydrogen-bond acceptors (Lipinski definition) is 15. The lowest BCUT2D eigenvalue weighted by Gasteiger charge is -2.21. The van der Waals surface area contributed by atoms with Gasteiger partial charge in [0.15, 0.2) is 12.2 Å². The topological polar surface area (TPSA) is 237 Å². The Hall–Kier alpha value is -1.94. The molecule has 0 aromatic rings. The smallest absolute Gasteiger partial charge is 0.462 e. The van der Waals surface area contributed by atoms with Gasteiger partial charge in [-0.2, -0.15) is 0 Å². The predicted molar refractivity (Wildman–Crippen MR) is 428 cm³/mol. The van der Waals surface area contributed by atoms with Gasteiger partial charge in [0.05, 0.1) is 26.4 Å². The zero-order valence-corrected chi connectivity index (χ0v) is 70.3. The number of unbranched alkanes of at least 4 members (excludes halogenated alkanes) is 50. The van der Waals surface area contributed by atoms with Gasteiger partial charge in [0.25, 0.3) is 0 Å². The van der Waals surface area contributed by atoms with Gasteiger partial charge >= 0.3 is 39.5 Å². The van der Waals surface area contributed by atoms with Crippen molar-refractivity contribution in [2.24, 2.45) is 17.8 Å². The highest BCUT2D eigenvalue weighted by atomic mass is 31.2. The van der Waals surface area contributed by atoms with E-state index in [1.54, 1.807) is 0 Å². The Kier molecular flexibility index (Phi) is 73.7. The second kappa shape index (κ2) is 75.1. The molecule has 6 atom stereocenters. The van der Waals surface area contributed by atoms with Crippen molar-refractivity contribution in [3.63, 3.8) is 0 Å². The van der Waals surface area contributed by atoms with E-state index in [0.29, 0.717) is 25.7 Å². The number of esters is 4. The first-order chi connectivity index (χ1) is 50.3. The van der Waals surface area contributed by atoms with Crippen LogP contribution < -0.4 is 0 Å². The van der Waals surface area contributed by atoms with Gasteiger partial charge in [0.2, 0.25) is 0 Å². The average Bonchev–Trinajstić information content (AvgIpc) is 0.903. The van der Waals surface area contributed by atoms with Gasteiger partial charge < -0.3 is 33.8 Å². The molecule has 0 aliphatic heterocycles. The first kappa shape index (κ1) is 102. The monoisotopic (exact) mass is 1520 g/mol. The van der Waals surface area contributed by atoms with E-state index < -0.39 is 97.5 Å². The number of hydrogen-bond donors (Lipinski definition) is 3. The number of aliphatic hydroxyl groups excluding tert-OH is 1. The molecule has 0 saturated heterocycles. The van der Waals surface area contributed by atoms with Crippen molar-refractivity contribution in [3.8, 4) is 0 Å². The summed E-state index contributed by atoms with van der Waals surface area (Å²) in [6, 6.07) is 0. The molecule has 0 rings (SSSR count). The van der Waals surface area contributed by atoms with Crippen molar-refractivity contribution < 1.29 is 80.2 Å². The molecule has 0 fully saturated rings. The molecule has 0 aliphatic carbocycles. The maximum atomic E-state index is 13.1. The summed E-state index contributed by atoms with van der Waals surface area (Å²) in [6.45, 7) is 12.0. The fourth-order valence-electron chi connectivity index (χ4n) is 13.2. The van der Waals surface area contributed by atoms with Crippen LogP contribution in [0.4, 0.5) is 0 Å². The molecule has 17 nitrogen and oxygen atoms in total. The Morgan fingerprint density at radius 1 is 0.279 bits per heavy atom. The second-order valence-electron chi connectivity index (χ2n) is 31.8. The third-order valence-corrected chi connectivity index (χ3v) is 22.1. The summed E-state index contributed by atoms with van der Waals surface area (Å²) in [5.74, 6) is 0.251. The van der Waals surface area contributed by atoms with Crippen LogP contribution >= 0.6 is 15.6 Å². The minimum Gasteiger partial charge on any atom is -0.462 e. The van der Waals surface area contributed by atoms with E-state index in [-0.39, 0.29) is 25.7 Å². The summed E-state index contributed by atoms with van der Waals surface area (Å²) in [7, 11) is -9.93. The minimum absolute atomic E-state index is 0.107. The third-order valence-electron chi connectivity index (χ3n) is 20.2. The highest BCUT2D eigenvalue weighted by molar-refractivity contribution is 7.47. The molecule has 0 aliphatic rings. The van der Waals surface area contributed by atoms with Gasteiger partial charge in [-0.15, -0.1) is 0 Å². The zero-order valence-electron chi connectivity index (χ0n) is 68.5. The van der Waals surface area contributed by atoms with Crippen LogP contribution in [-0.2, 0) is 65.4 Å². The van der Waals surface area contributed by atoms with Crippen LogP contribution in [0.2, 0.25) is 0 Å². The van der Waals surface area contributed by atoms with E-state index in [9.17, 15) is 43.2 Å². The Morgan fingerprint density at radius 2 is 0.490 bits per heavy atom. The van der Waals surface area contributed by atoms with Crippen molar-refractivity contribution >= 4 is 39.5 Å². The number of phosphoric ester groups is 2. The predicted octanol–water partition coefficient (Wildman–Crippen LogP) is 25.7. The fourth-order valence-corrected chi connectivity index (χ4v) is 14.7. The molecule has 0 aromatic heterocycles. The highest BCUT2D eigenvalue weighted by Crippen LogP contribution is 2.45. The molecule has 0 radical (unpaired) electrons. The summed E-state index contributed by atoms with van der Waals surface area (Å²) < 4.78 is 68.8. The van der Waals surface area contributed by atoms with Crippen LogP contribution in [0.5, 0.6) is 0 Å². The van der Waals surface area contributed by atoms with E-state index in [1.807, 2.05) is 0 Å². The number of ether oxygens (including phenoxy) is 4. The number of carbonyl (C=O) groups is 4. The molecule has 0 aromatic carbocycles. The first-order valence-electron chi connectivity index (χ1n) is 43.9. The highest BCUT2D eigenvalue weighted by Gasteiger charge is 2.30. The number of phosphoric acid groups is 2. The molecular weight excluding hydrogens is 1350 g/mol. The molecule has 19 heteroatoms. The van der Waals surface area contributed by atoms with E-state index in [1.165, 1.54) is 250 Å². The molecule has 0 heterocycles. The lowest BCUT2D eigenvalue weighted by molar-refractivity contribution is -0.161. The molecule has 0 amide bonds. The minimum atomic E-state index is -4.97. The van der Waals surface area contributed by atoms with Crippen molar-refractivity contribution in [1.82, 2.24) is 0 Å². The van der Waals surface area contributed by atoms with Crippen LogP contribution in [0.25, 0.3) is 0 Å². The molecule has 0 bridgehead atoms. The van der Waals surface area contributed by atoms with Crippen LogP contribution in [0.3, 0.4) is 0 Å². The van der Waals surface area contributed by atoms with Crippen LogP contribution in [0.15, 0.2) is 0 Å². The molecule has 0 spiro atoms. The molecule has 0 saturated carbocycles. The zero-order chi connectivity index (χ0) is 76.5. The summed E-state index contributed by atoms with van der Waals surface area (Å²) in [4.78, 5) is 73.2. The number of rotatable bonds is 83. The maximum Gasteiger partial charge on any atom is 0.472 e. The first-order valence-corrected chi connectivity index (χ1v) is 46.9. The van der Waals surface area contributed by atoms with Gasteiger partial charge in [0.1, 0.15) is 19.3 Å². The third kappa shape index (κ3) is 76.8. The van der Waals surface area contributed by atoms with E-state index >= 15 is 0 Å². The van der Waals surface area contributed by atoms with E-state index in [0.717, 1.165) is 114 Å². The summed E-state index contributed by atoms with van der Waals surface area (Å²) in [6.07, 6.45) is 65.3. The van der Waals surface area contributed by atoms with Gasteiger partial charge in [-0.25, -0.2) is 9.13 Å². The van der Waals surface area contributed by atoms with Gasteiger partial charge in [-0.1, -0.05) is 395 Å². The van der Waals surface area contributed by atoms with Crippen molar-refractivity contribution in [3.05, 3.63) is 0 Å². The van der Waals surface area contributed by atoms with E-state index in [4.69, 9.17) is 37.0 Å². The molecular formula is C85H166O17P2. The number of carbonyl (C=O) groups excluding carboxylic acids is 4. The Labute approximate surface area is 638 Å². The Bertz CT molecular complexity index is 2010. The summed E-state index contributed by atoms with van der Waals surface area (Å²) in [5, 5.41) is 10.7. The molecule has 3 N–H and O–H groups in total. The Balaban J connectivity index is 5.23. The van der Waals surface area contributed by atoms with Crippen LogP contribution in [-0.4, -0.2) is 96.7 Å². The van der Waals surface area contributed by atoms with E-state index in [2.05, 4.69) is 48.5 Å². The van der Waals surface area contributed by atoms with Gasteiger partial charge in [0, 0.05) is 25.7 Å². The average molecular weight is 1520 g/mol. The fraction of sp³-hybridized carbons (Fsp3) is 0.953. The van der Waals surface area contributed by atoms with Crippen molar-refractivity contribution in [1.29, 1.82) is 0 Å². The largest absolute Gasteiger partial charge is 0.472 e. The SMILES string of the molecule is CCCCCCCCCCCCCCCCCC(=O)O[C@H](COC(=O)CCCCCCCCC(C)CC)COP(=O)(O)OC[C@H](O)COP(=O)(O)OC[C@@H](COC(=O)CCCCCCCCCCCCCCCCCC(C)C)OC(=O)CCCCCCCCCCCCCCCCCCCCC(C)C. The second-order valence-corrected chi connectivity index (χ2v) is 34.7. The van der Waals surface area contributed by atoms with Crippen molar-refractivity contribution in [2.45, 2.75) is 465 Å². The summed E-state index contributed by atoms with van der Waals surface area (Å²) >= 11 is 0. The molecule has 104 heavy (non-hydrogen) atoms. The summed E-state index contributed by atoms with van der Waals surface area (Å²) in [5.41, 5.74) is 0. The number of aliphatic hydroxyl groups is 1. The Morgan fingerprint density at radius 3 is 0.731 bits per heavy atom. The van der Waals surface area contributed by atoms with Gasteiger partial charge in [-0.3, -0.25) is 37.3 Å².